The molecule has 1 unspecified atom stereocenters. The second-order valence-corrected chi connectivity index (χ2v) is 5.45. The van der Waals surface area contributed by atoms with E-state index in [1.807, 2.05) is 13.8 Å². The van der Waals surface area contributed by atoms with E-state index in [0.29, 0.717) is 13.2 Å². The first-order valence-electron chi connectivity index (χ1n) is 6.60. The van der Waals surface area contributed by atoms with Gasteiger partial charge in [0.2, 0.25) is 0 Å². The number of nitrogens with one attached hydrogen (secondary N) is 2. The predicted molar refractivity (Wildman–Crippen MR) is 92.8 cm³/mol. The number of guanidine groups is 1. The summed E-state index contributed by atoms with van der Waals surface area (Å²) in [7, 11) is 0. The Morgan fingerprint density at radius 1 is 1.42 bits per heavy atom. The van der Waals surface area contributed by atoms with Crippen LogP contribution in [-0.4, -0.2) is 61.0 Å². The molecular formula is C12H26IN3O2S. The van der Waals surface area contributed by atoms with Crippen LogP contribution in [0.5, 0.6) is 0 Å². The van der Waals surface area contributed by atoms with Gasteiger partial charge in [0.25, 0.3) is 0 Å². The molecule has 1 saturated heterocycles. The Bertz CT molecular complexity index is 261. The zero-order valence-corrected chi connectivity index (χ0v) is 14.9. The van der Waals surface area contributed by atoms with Gasteiger partial charge in [-0.15, -0.1) is 24.0 Å². The topological polar surface area (TPSA) is 65.9 Å². The number of halogens is 1. The molecule has 114 valence electrons. The predicted octanol–water partition coefficient (Wildman–Crippen LogP) is 1.06. The van der Waals surface area contributed by atoms with Crippen LogP contribution >= 0.6 is 35.7 Å². The number of aliphatic imine (C=N–C) groups is 1. The summed E-state index contributed by atoms with van der Waals surface area (Å²) in [6, 6.07) is 0. The zero-order chi connectivity index (χ0) is 13.3. The first-order chi connectivity index (χ1) is 8.70. The first-order valence-corrected chi connectivity index (χ1v) is 7.75. The highest BCUT2D eigenvalue weighted by Gasteiger charge is 2.31. The van der Waals surface area contributed by atoms with Gasteiger partial charge in [-0.3, -0.25) is 4.99 Å². The minimum atomic E-state index is -0.618. The normalized spacial score (nSPS) is 23.0. The molecule has 7 heteroatoms. The van der Waals surface area contributed by atoms with Gasteiger partial charge in [-0.1, -0.05) is 0 Å². The van der Waals surface area contributed by atoms with Crippen molar-refractivity contribution in [3.63, 3.8) is 0 Å². The SMILES string of the molecule is CCNC(=NCC1(O)CCSC1)NCCOCC.I. The maximum absolute atomic E-state index is 10.2. The van der Waals surface area contributed by atoms with E-state index in [0.717, 1.165) is 43.6 Å². The van der Waals surface area contributed by atoms with E-state index in [1.54, 1.807) is 11.8 Å². The van der Waals surface area contributed by atoms with Crippen LogP contribution in [0.2, 0.25) is 0 Å². The van der Waals surface area contributed by atoms with Crippen molar-refractivity contribution in [2.45, 2.75) is 25.9 Å². The molecule has 19 heavy (non-hydrogen) atoms. The summed E-state index contributed by atoms with van der Waals surface area (Å²) in [6.45, 7) is 7.41. The molecule has 0 bridgehead atoms. The Labute approximate surface area is 137 Å². The number of aliphatic hydroxyl groups is 1. The molecular weight excluding hydrogens is 377 g/mol. The minimum Gasteiger partial charge on any atom is -0.387 e. The molecule has 3 N–H and O–H groups in total. The van der Waals surface area contributed by atoms with Gasteiger partial charge < -0.3 is 20.5 Å². The van der Waals surface area contributed by atoms with Gasteiger partial charge in [0, 0.05) is 25.4 Å². The number of hydrogen-bond donors (Lipinski definition) is 3. The highest BCUT2D eigenvalue weighted by Crippen LogP contribution is 2.27. The molecule has 1 fully saturated rings. The summed E-state index contributed by atoms with van der Waals surface area (Å²) < 4.78 is 5.26. The average molecular weight is 403 g/mol. The number of nitrogens with zero attached hydrogens (tertiary/aromatic N) is 1. The number of thioether (sulfide) groups is 1. The van der Waals surface area contributed by atoms with Crippen molar-refractivity contribution < 1.29 is 9.84 Å². The Balaban J connectivity index is 0.00000324. The summed E-state index contributed by atoms with van der Waals surface area (Å²) in [5.74, 6) is 2.57. The maximum Gasteiger partial charge on any atom is 0.191 e. The van der Waals surface area contributed by atoms with Gasteiger partial charge >= 0.3 is 0 Å². The lowest BCUT2D eigenvalue weighted by Crippen LogP contribution is -2.41. The van der Waals surface area contributed by atoms with E-state index >= 15 is 0 Å². The van der Waals surface area contributed by atoms with Crippen molar-refractivity contribution in [1.29, 1.82) is 0 Å². The largest absolute Gasteiger partial charge is 0.387 e. The van der Waals surface area contributed by atoms with Crippen LogP contribution < -0.4 is 10.6 Å². The summed E-state index contributed by atoms with van der Waals surface area (Å²) >= 11 is 1.79. The molecule has 0 aliphatic carbocycles. The molecule has 0 radical (unpaired) electrons. The number of rotatable bonds is 7. The zero-order valence-electron chi connectivity index (χ0n) is 11.8. The van der Waals surface area contributed by atoms with Crippen LogP contribution in [0, 0.1) is 0 Å². The van der Waals surface area contributed by atoms with Gasteiger partial charge in [0.05, 0.1) is 18.8 Å². The van der Waals surface area contributed by atoms with Crippen molar-refractivity contribution >= 4 is 41.7 Å². The Hall–Kier alpha value is 0.270. The Morgan fingerprint density at radius 2 is 2.21 bits per heavy atom. The van der Waals surface area contributed by atoms with Gasteiger partial charge in [0.1, 0.15) is 0 Å². The fourth-order valence-electron chi connectivity index (χ4n) is 1.68. The molecule has 1 atom stereocenters. The monoisotopic (exact) mass is 403 g/mol. The van der Waals surface area contributed by atoms with Crippen LogP contribution in [0.1, 0.15) is 20.3 Å². The summed E-state index contributed by atoms with van der Waals surface area (Å²) in [5.41, 5.74) is -0.618. The molecule has 0 aromatic heterocycles. The smallest absolute Gasteiger partial charge is 0.191 e. The van der Waals surface area contributed by atoms with E-state index in [1.165, 1.54) is 0 Å². The van der Waals surface area contributed by atoms with Crippen molar-refractivity contribution in [2.24, 2.45) is 4.99 Å². The standard InChI is InChI=1S/C12H25N3O2S.HI/c1-3-13-11(14-6-7-17-4-2)15-9-12(16)5-8-18-10-12;/h16H,3-10H2,1-2H3,(H2,13,14,15);1H. The maximum atomic E-state index is 10.2. The van der Waals surface area contributed by atoms with Crippen molar-refractivity contribution in [1.82, 2.24) is 10.6 Å². The molecule has 1 aliphatic heterocycles. The lowest BCUT2D eigenvalue weighted by atomic mass is 10.1. The van der Waals surface area contributed by atoms with Crippen molar-refractivity contribution in [3.8, 4) is 0 Å². The Morgan fingerprint density at radius 3 is 2.79 bits per heavy atom. The number of hydrogen-bond acceptors (Lipinski definition) is 4. The van der Waals surface area contributed by atoms with E-state index in [4.69, 9.17) is 4.74 Å². The third-order valence-corrected chi connectivity index (χ3v) is 3.94. The second-order valence-electron chi connectivity index (χ2n) is 4.35. The van der Waals surface area contributed by atoms with Crippen LogP contribution in [0.15, 0.2) is 4.99 Å². The first kappa shape index (κ1) is 19.3. The highest BCUT2D eigenvalue weighted by molar-refractivity contribution is 14.0. The van der Waals surface area contributed by atoms with E-state index in [-0.39, 0.29) is 24.0 Å². The molecule has 1 rings (SSSR count). The van der Waals surface area contributed by atoms with Crippen molar-refractivity contribution in [3.05, 3.63) is 0 Å². The lowest BCUT2D eigenvalue weighted by molar-refractivity contribution is 0.0778. The summed E-state index contributed by atoms with van der Waals surface area (Å²) in [6.07, 6.45) is 0.833. The van der Waals surface area contributed by atoms with Gasteiger partial charge in [-0.05, 0) is 26.0 Å². The quantitative estimate of drug-likeness (QED) is 0.257. The average Bonchev–Trinajstić information content (AvgIpc) is 2.79. The molecule has 5 nitrogen and oxygen atoms in total. The lowest BCUT2D eigenvalue weighted by Gasteiger charge is -2.19. The van der Waals surface area contributed by atoms with E-state index in [2.05, 4.69) is 15.6 Å². The molecule has 0 amide bonds. The van der Waals surface area contributed by atoms with E-state index in [9.17, 15) is 5.11 Å². The second kappa shape index (κ2) is 11.0. The van der Waals surface area contributed by atoms with Crippen molar-refractivity contribution in [2.75, 3.05) is 44.4 Å². The molecule has 0 aromatic rings. The summed E-state index contributed by atoms with van der Waals surface area (Å²) in [5, 5.41) is 16.6. The number of ether oxygens (including phenoxy) is 1. The molecule has 1 heterocycles. The fraction of sp³-hybridized carbons (Fsp3) is 0.917. The van der Waals surface area contributed by atoms with Crippen LogP contribution in [0.4, 0.5) is 0 Å². The van der Waals surface area contributed by atoms with Gasteiger partial charge in [-0.2, -0.15) is 11.8 Å². The third kappa shape index (κ3) is 8.21. The van der Waals surface area contributed by atoms with Gasteiger partial charge in [-0.25, -0.2) is 0 Å². The highest BCUT2D eigenvalue weighted by atomic mass is 127. The molecule has 0 saturated carbocycles. The van der Waals surface area contributed by atoms with E-state index < -0.39 is 5.60 Å². The third-order valence-electron chi connectivity index (χ3n) is 2.70. The molecule has 1 aliphatic rings. The van der Waals surface area contributed by atoms with Gasteiger partial charge in [0.15, 0.2) is 5.96 Å². The van der Waals surface area contributed by atoms with Crippen LogP contribution in [-0.2, 0) is 4.74 Å². The summed E-state index contributed by atoms with van der Waals surface area (Å²) in [4.78, 5) is 4.44. The molecule has 0 spiro atoms. The Kier molecular flexibility index (Phi) is 11.1. The molecule has 0 aromatic carbocycles. The van der Waals surface area contributed by atoms with Crippen LogP contribution in [0.3, 0.4) is 0 Å². The fourth-order valence-corrected chi connectivity index (χ4v) is 2.96. The van der Waals surface area contributed by atoms with Crippen LogP contribution in [0.25, 0.3) is 0 Å². The minimum absolute atomic E-state index is 0.